The van der Waals surface area contributed by atoms with Crippen molar-refractivity contribution in [3.8, 4) is 0 Å². The van der Waals surface area contributed by atoms with Gasteiger partial charge >= 0.3 is 5.97 Å². The third kappa shape index (κ3) is 59.4. The molecule has 0 aliphatic carbocycles. The number of aliphatic carboxylic acids is 1. The van der Waals surface area contributed by atoms with Crippen LogP contribution in [0.5, 0.6) is 0 Å². The van der Waals surface area contributed by atoms with Crippen molar-refractivity contribution < 1.29 is 9.90 Å². The standard InChI is InChI=1S/C59H119NO2/c1-2-3-4-5-6-7-8-9-10-11-12-13-14-15-16-17-18-19-20-21-22-23-24-25-26-27-28-29-30-31-32-33-34-35-36-37-38-39-40-41-42-43-44-45-46-47-48-49-50-51-54-57-60-58-55-52-53-56-59(61)62/h60H,2-58H2,1H3,(H,61,62). The first-order valence-corrected chi connectivity index (χ1v) is 29.7. The Morgan fingerprint density at radius 1 is 0.242 bits per heavy atom. The minimum Gasteiger partial charge on any atom is -0.481 e. The molecule has 0 heterocycles. The second-order valence-electron chi connectivity index (χ2n) is 20.6. The number of rotatable bonds is 58. The van der Waals surface area contributed by atoms with Crippen molar-refractivity contribution >= 4 is 5.97 Å². The van der Waals surface area contributed by atoms with Crippen LogP contribution < -0.4 is 5.32 Å². The van der Waals surface area contributed by atoms with E-state index in [4.69, 9.17) is 5.11 Å². The van der Waals surface area contributed by atoms with E-state index in [9.17, 15) is 4.79 Å². The Labute approximate surface area is 392 Å². The van der Waals surface area contributed by atoms with Gasteiger partial charge in [-0.15, -0.1) is 0 Å². The van der Waals surface area contributed by atoms with Gasteiger partial charge in [0.25, 0.3) is 0 Å². The molecule has 3 heteroatoms. The Bertz CT molecular complexity index is 784. The van der Waals surface area contributed by atoms with Gasteiger partial charge in [0.1, 0.15) is 0 Å². The summed E-state index contributed by atoms with van der Waals surface area (Å²) in [5, 5.41) is 12.2. The highest BCUT2D eigenvalue weighted by Gasteiger charge is 2.00. The van der Waals surface area contributed by atoms with E-state index in [1.165, 1.54) is 327 Å². The Kier molecular flexibility index (Phi) is 57.9. The minimum absolute atomic E-state index is 0.319. The zero-order chi connectivity index (χ0) is 44.6. The molecule has 0 saturated heterocycles. The van der Waals surface area contributed by atoms with Crippen LogP contribution >= 0.6 is 0 Å². The maximum absolute atomic E-state index is 10.5. The highest BCUT2D eigenvalue weighted by molar-refractivity contribution is 5.66. The van der Waals surface area contributed by atoms with Gasteiger partial charge in [0.05, 0.1) is 0 Å². The molecule has 0 aromatic rings. The predicted octanol–water partition coefficient (Wildman–Crippen LogP) is 21.1. The lowest BCUT2D eigenvalue weighted by Crippen LogP contribution is -2.16. The van der Waals surface area contributed by atoms with Crippen molar-refractivity contribution in [1.29, 1.82) is 0 Å². The molecule has 0 amide bonds. The molecule has 0 atom stereocenters. The first-order chi connectivity index (χ1) is 30.8. The molecule has 0 aliphatic heterocycles. The largest absolute Gasteiger partial charge is 0.481 e. The van der Waals surface area contributed by atoms with Gasteiger partial charge in [-0.1, -0.05) is 334 Å². The number of hydrogen-bond donors (Lipinski definition) is 2. The predicted molar refractivity (Wildman–Crippen MR) is 280 cm³/mol. The summed E-state index contributed by atoms with van der Waals surface area (Å²) in [7, 11) is 0. The Hall–Kier alpha value is -0.570. The Morgan fingerprint density at radius 2 is 0.387 bits per heavy atom. The van der Waals surface area contributed by atoms with Crippen molar-refractivity contribution in [2.75, 3.05) is 13.1 Å². The number of carboxylic acids is 1. The summed E-state index contributed by atoms with van der Waals surface area (Å²) in [6, 6.07) is 0. The third-order valence-corrected chi connectivity index (χ3v) is 14.2. The summed E-state index contributed by atoms with van der Waals surface area (Å²) < 4.78 is 0. The van der Waals surface area contributed by atoms with Crippen molar-refractivity contribution in [2.45, 2.75) is 360 Å². The quantitative estimate of drug-likeness (QED) is 0.0599. The van der Waals surface area contributed by atoms with Gasteiger partial charge in [-0.25, -0.2) is 0 Å². The summed E-state index contributed by atoms with van der Waals surface area (Å²) >= 11 is 0. The van der Waals surface area contributed by atoms with Crippen LogP contribution in [-0.4, -0.2) is 24.2 Å². The average Bonchev–Trinajstić information content (AvgIpc) is 3.27. The normalized spacial score (nSPS) is 11.6. The molecule has 0 rings (SSSR count). The van der Waals surface area contributed by atoms with Crippen molar-refractivity contribution in [3.05, 3.63) is 0 Å². The summed E-state index contributed by atoms with van der Waals surface area (Å²) in [4.78, 5) is 10.5. The van der Waals surface area contributed by atoms with Crippen molar-refractivity contribution in [1.82, 2.24) is 5.32 Å². The number of nitrogens with one attached hydrogen (secondary N) is 1. The molecule has 3 nitrogen and oxygen atoms in total. The van der Waals surface area contributed by atoms with Gasteiger partial charge in [0, 0.05) is 6.42 Å². The van der Waals surface area contributed by atoms with Gasteiger partial charge in [0.2, 0.25) is 0 Å². The number of unbranched alkanes of at least 4 members (excludes halogenated alkanes) is 52. The van der Waals surface area contributed by atoms with E-state index in [1.54, 1.807) is 0 Å². The lowest BCUT2D eigenvalue weighted by Gasteiger charge is -2.05. The zero-order valence-electron chi connectivity index (χ0n) is 43.2. The van der Waals surface area contributed by atoms with Gasteiger partial charge in [-0.2, -0.15) is 0 Å². The average molecular weight is 875 g/mol. The van der Waals surface area contributed by atoms with E-state index in [1.807, 2.05) is 0 Å². The first kappa shape index (κ1) is 61.4. The fourth-order valence-electron chi connectivity index (χ4n) is 9.81. The molecule has 0 bridgehead atoms. The Balaban J connectivity index is 3.06. The van der Waals surface area contributed by atoms with Crippen molar-refractivity contribution in [2.24, 2.45) is 0 Å². The van der Waals surface area contributed by atoms with Gasteiger partial charge in [0.15, 0.2) is 0 Å². The molecule has 0 spiro atoms. The number of hydrogen-bond acceptors (Lipinski definition) is 2. The number of carbonyl (C=O) groups is 1. The Morgan fingerprint density at radius 3 is 0.548 bits per heavy atom. The summed E-state index contributed by atoms with van der Waals surface area (Å²) in [6.07, 6.45) is 78.2. The second kappa shape index (κ2) is 58.4. The molecule has 0 aromatic carbocycles. The SMILES string of the molecule is CCCCCCCCCCCCCCCCCCCCCCCCCCCCCCCCCCCCCCCCCCCCCCCCCCCCCNCCCCCC(=O)O. The molecule has 0 radical (unpaired) electrons. The smallest absolute Gasteiger partial charge is 0.303 e. The van der Waals surface area contributed by atoms with E-state index in [-0.39, 0.29) is 0 Å². The summed E-state index contributed by atoms with van der Waals surface area (Å²) in [5.74, 6) is -0.666. The van der Waals surface area contributed by atoms with Crippen LogP contribution in [0.4, 0.5) is 0 Å². The maximum Gasteiger partial charge on any atom is 0.303 e. The molecule has 0 aromatic heterocycles. The van der Waals surface area contributed by atoms with E-state index < -0.39 is 5.97 Å². The van der Waals surface area contributed by atoms with E-state index in [0.29, 0.717) is 6.42 Å². The lowest BCUT2D eigenvalue weighted by atomic mass is 10.0. The summed E-state index contributed by atoms with van der Waals surface area (Å²) in [5.41, 5.74) is 0. The van der Waals surface area contributed by atoms with E-state index >= 15 is 0 Å². The number of carboxylic acid groups (broad SMARTS) is 1. The van der Waals surface area contributed by atoms with E-state index in [0.717, 1.165) is 32.4 Å². The molecular weight excluding hydrogens is 755 g/mol. The third-order valence-electron chi connectivity index (χ3n) is 14.2. The highest BCUT2D eigenvalue weighted by Crippen LogP contribution is 2.19. The van der Waals surface area contributed by atoms with Crippen LogP contribution in [0.25, 0.3) is 0 Å². The molecule has 62 heavy (non-hydrogen) atoms. The molecule has 372 valence electrons. The fraction of sp³-hybridized carbons (Fsp3) is 0.983. The van der Waals surface area contributed by atoms with Crippen molar-refractivity contribution in [3.63, 3.8) is 0 Å². The zero-order valence-corrected chi connectivity index (χ0v) is 43.2. The van der Waals surface area contributed by atoms with E-state index in [2.05, 4.69) is 12.2 Å². The molecule has 0 saturated carbocycles. The molecule has 0 fully saturated rings. The maximum atomic E-state index is 10.5. The van der Waals surface area contributed by atoms with Crippen LogP contribution in [0.15, 0.2) is 0 Å². The molecule has 2 N–H and O–H groups in total. The topological polar surface area (TPSA) is 49.3 Å². The monoisotopic (exact) mass is 874 g/mol. The van der Waals surface area contributed by atoms with Crippen LogP contribution in [-0.2, 0) is 4.79 Å². The van der Waals surface area contributed by atoms with Crippen LogP contribution in [0, 0.1) is 0 Å². The molecule has 0 unspecified atom stereocenters. The van der Waals surface area contributed by atoms with Gasteiger partial charge in [-0.3, -0.25) is 4.79 Å². The van der Waals surface area contributed by atoms with Gasteiger partial charge < -0.3 is 10.4 Å². The first-order valence-electron chi connectivity index (χ1n) is 29.7. The molecular formula is C59H119NO2. The van der Waals surface area contributed by atoms with Crippen LogP contribution in [0.2, 0.25) is 0 Å². The minimum atomic E-state index is -0.666. The second-order valence-corrected chi connectivity index (χ2v) is 20.6. The van der Waals surface area contributed by atoms with Crippen LogP contribution in [0.1, 0.15) is 360 Å². The molecule has 0 aliphatic rings. The van der Waals surface area contributed by atoms with Crippen LogP contribution in [0.3, 0.4) is 0 Å². The van der Waals surface area contributed by atoms with Gasteiger partial charge in [-0.05, 0) is 32.4 Å². The summed E-state index contributed by atoms with van der Waals surface area (Å²) in [6.45, 7) is 4.48. The fourth-order valence-corrected chi connectivity index (χ4v) is 9.81. The highest BCUT2D eigenvalue weighted by atomic mass is 16.4. The lowest BCUT2D eigenvalue weighted by molar-refractivity contribution is -0.137.